The van der Waals surface area contributed by atoms with Gasteiger partial charge in [0.1, 0.15) is 0 Å². The van der Waals surface area contributed by atoms with Gasteiger partial charge in [-0.2, -0.15) is 0 Å². The largest absolute Gasteiger partial charge is 0.322 e. The molecule has 108 valence electrons. The van der Waals surface area contributed by atoms with Crippen LogP contribution in [0, 0.1) is 0 Å². The molecule has 3 rings (SSSR count). The molecule has 2 aliphatic rings. The predicted molar refractivity (Wildman–Crippen MR) is 82.1 cm³/mol. The summed E-state index contributed by atoms with van der Waals surface area (Å²) < 4.78 is 0. The van der Waals surface area contributed by atoms with Gasteiger partial charge in [-0.25, -0.2) is 4.79 Å². The number of anilines is 1. The smallest absolute Gasteiger partial charge is 0.322 e. The van der Waals surface area contributed by atoms with Gasteiger partial charge < -0.3 is 10.2 Å². The van der Waals surface area contributed by atoms with Crippen LogP contribution in [0.5, 0.6) is 0 Å². The van der Waals surface area contributed by atoms with Crippen LogP contribution < -0.4 is 5.32 Å². The van der Waals surface area contributed by atoms with Gasteiger partial charge in [-0.15, -0.1) is 0 Å². The molecular weight excluding hydrogens is 248 g/mol. The molecule has 0 aromatic heterocycles. The quantitative estimate of drug-likeness (QED) is 0.868. The number of benzene rings is 1. The maximum Gasteiger partial charge on any atom is 0.322 e. The Morgan fingerprint density at radius 3 is 2.95 bits per heavy atom. The summed E-state index contributed by atoms with van der Waals surface area (Å²) in [7, 11) is 0. The van der Waals surface area contributed by atoms with Gasteiger partial charge in [0.15, 0.2) is 0 Å². The van der Waals surface area contributed by atoms with Crippen molar-refractivity contribution in [1.29, 1.82) is 0 Å². The number of carbonyl (C=O) groups is 1. The number of likely N-dealkylation sites (tertiary alicyclic amines) is 1. The number of rotatable bonds is 2. The van der Waals surface area contributed by atoms with Crippen LogP contribution in [-0.2, 0) is 12.8 Å². The van der Waals surface area contributed by atoms with Crippen LogP contribution in [0.25, 0.3) is 0 Å². The maximum absolute atomic E-state index is 12.5. The van der Waals surface area contributed by atoms with E-state index in [-0.39, 0.29) is 6.03 Å². The van der Waals surface area contributed by atoms with E-state index in [0.29, 0.717) is 6.04 Å². The highest BCUT2D eigenvalue weighted by molar-refractivity contribution is 5.89. The minimum absolute atomic E-state index is 0.0782. The summed E-state index contributed by atoms with van der Waals surface area (Å²) in [5.41, 5.74) is 3.82. The fourth-order valence-corrected chi connectivity index (χ4v) is 3.54. The Hall–Kier alpha value is -1.51. The van der Waals surface area contributed by atoms with E-state index in [2.05, 4.69) is 24.4 Å². The normalized spacial score (nSPS) is 21.6. The van der Waals surface area contributed by atoms with Gasteiger partial charge in [0, 0.05) is 18.3 Å². The molecular formula is C17H24N2O. The zero-order chi connectivity index (χ0) is 13.9. The third kappa shape index (κ3) is 2.67. The Labute approximate surface area is 121 Å². The highest BCUT2D eigenvalue weighted by Crippen LogP contribution is 2.26. The molecule has 1 saturated heterocycles. The third-order valence-electron chi connectivity index (χ3n) is 4.71. The van der Waals surface area contributed by atoms with Crippen molar-refractivity contribution < 1.29 is 4.79 Å². The Morgan fingerprint density at radius 1 is 1.25 bits per heavy atom. The van der Waals surface area contributed by atoms with Crippen LogP contribution in [0.3, 0.4) is 0 Å². The van der Waals surface area contributed by atoms with Crippen molar-refractivity contribution in [2.24, 2.45) is 0 Å². The molecule has 1 aromatic carbocycles. The number of urea groups is 1. The zero-order valence-electron chi connectivity index (χ0n) is 12.3. The van der Waals surface area contributed by atoms with Crippen LogP contribution in [0.15, 0.2) is 18.2 Å². The molecule has 1 N–H and O–H groups in total. The molecule has 0 bridgehead atoms. The summed E-state index contributed by atoms with van der Waals surface area (Å²) in [5, 5.41) is 3.09. The molecule has 0 spiro atoms. The number of piperidine rings is 1. The van der Waals surface area contributed by atoms with Gasteiger partial charge in [-0.05, 0) is 68.2 Å². The molecule has 1 aliphatic heterocycles. The Bertz CT molecular complexity index is 498. The third-order valence-corrected chi connectivity index (χ3v) is 4.71. The average molecular weight is 272 g/mol. The van der Waals surface area contributed by atoms with Crippen molar-refractivity contribution in [2.45, 2.75) is 57.9 Å². The lowest BCUT2D eigenvalue weighted by atomic mass is 10.0. The van der Waals surface area contributed by atoms with Crippen LogP contribution in [-0.4, -0.2) is 23.5 Å². The Kier molecular flexibility index (Phi) is 3.95. The topological polar surface area (TPSA) is 32.3 Å². The molecule has 1 aliphatic carbocycles. The van der Waals surface area contributed by atoms with E-state index in [0.717, 1.165) is 37.9 Å². The monoisotopic (exact) mass is 272 g/mol. The fraction of sp³-hybridized carbons (Fsp3) is 0.588. The van der Waals surface area contributed by atoms with E-state index in [1.807, 2.05) is 11.0 Å². The van der Waals surface area contributed by atoms with Crippen LogP contribution >= 0.6 is 0 Å². The Morgan fingerprint density at radius 2 is 2.10 bits per heavy atom. The van der Waals surface area contributed by atoms with E-state index in [4.69, 9.17) is 0 Å². The van der Waals surface area contributed by atoms with Gasteiger partial charge in [-0.3, -0.25) is 0 Å². The molecule has 1 unspecified atom stereocenters. The van der Waals surface area contributed by atoms with Crippen LogP contribution in [0.1, 0.15) is 50.2 Å². The van der Waals surface area contributed by atoms with Crippen molar-refractivity contribution in [3.8, 4) is 0 Å². The summed E-state index contributed by atoms with van der Waals surface area (Å²) in [5.74, 6) is 0. The number of hydrogen-bond acceptors (Lipinski definition) is 1. The number of fused-ring (bicyclic) bond motifs is 1. The average Bonchev–Trinajstić information content (AvgIpc) is 2.94. The molecule has 3 heteroatoms. The van der Waals surface area contributed by atoms with Crippen molar-refractivity contribution in [3.05, 3.63) is 29.3 Å². The van der Waals surface area contributed by atoms with Crippen molar-refractivity contribution >= 4 is 11.7 Å². The van der Waals surface area contributed by atoms with Gasteiger partial charge in [0.05, 0.1) is 0 Å². The first-order valence-corrected chi connectivity index (χ1v) is 7.97. The minimum atomic E-state index is 0.0782. The fourth-order valence-electron chi connectivity index (χ4n) is 3.54. The van der Waals surface area contributed by atoms with Crippen molar-refractivity contribution in [3.63, 3.8) is 0 Å². The van der Waals surface area contributed by atoms with E-state index in [1.54, 1.807) is 0 Å². The van der Waals surface area contributed by atoms with Gasteiger partial charge in [0.2, 0.25) is 0 Å². The first kappa shape index (κ1) is 13.5. The number of carbonyl (C=O) groups excluding carboxylic acids is 1. The molecule has 1 atom stereocenters. The number of aryl methyl sites for hydroxylation is 2. The highest BCUT2D eigenvalue weighted by atomic mass is 16.2. The summed E-state index contributed by atoms with van der Waals surface area (Å²) in [4.78, 5) is 14.5. The predicted octanol–water partition coefficient (Wildman–Crippen LogP) is 3.97. The lowest BCUT2D eigenvalue weighted by Gasteiger charge is -2.35. The summed E-state index contributed by atoms with van der Waals surface area (Å²) >= 11 is 0. The number of hydrogen-bond donors (Lipinski definition) is 1. The molecule has 0 saturated carbocycles. The first-order valence-electron chi connectivity index (χ1n) is 7.97. The molecule has 2 amide bonds. The van der Waals surface area contributed by atoms with Gasteiger partial charge in [-0.1, -0.05) is 13.0 Å². The lowest BCUT2D eigenvalue weighted by molar-refractivity contribution is 0.160. The zero-order valence-corrected chi connectivity index (χ0v) is 12.3. The standard InChI is InChI=1S/C17H24N2O/c1-2-16-8-3-4-11-19(16)17(20)18-15-10-9-13-6-5-7-14(13)12-15/h9-10,12,16H,2-8,11H2,1H3,(H,18,20). The maximum atomic E-state index is 12.5. The van der Waals surface area contributed by atoms with Crippen molar-refractivity contribution in [2.75, 3.05) is 11.9 Å². The minimum Gasteiger partial charge on any atom is -0.322 e. The van der Waals surface area contributed by atoms with E-state index in [9.17, 15) is 4.79 Å². The lowest BCUT2D eigenvalue weighted by Crippen LogP contribution is -2.45. The molecule has 20 heavy (non-hydrogen) atoms. The second kappa shape index (κ2) is 5.86. The number of amides is 2. The summed E-state index contributed by atoms with van der Waals surface area (Å²) in [6.07, 6.45) is 8.17. The molecule has 0 radical (unpaired) electrons. The summed E-state index contributed by atoms with van der Waals surface area (Å²) in [6, 6.07) is 6.87. The highest BCUT2D eigenvalue weighted by Gasteiger charge is 2.25. The second-order valence-electron chi connectivity index (χ2n) is 6.02. The van der Waals surface area contributed by atoms with E-state index >= 15 is 0 Å². The van der Waals surface area contributed by atoms with Crippen LogP contribution in [0.2, 0.25) is 0 Å². The molecule has 1 aromatic rings. The second-order valence-corrected chi connectivity index (χ2v) is 6.02. The van der Waals surface area contributed by atoms with Gasteiger partial charge in [0.25, 0.3) is 0 Å². The van der Waals surface area contributed by atoms with Crippen LogP contribution in [0.4, 0.5) is 10.5 Å². The van der Waals surface area contributed by atoms with Gasteiger partial charge >= 0.3 is 6.03 Å². The molecule has 1 fully saturated rings. The molecule has 3 nitrogen and oxygen atoms in total. The molecule has 1 heterocycles. The van der Waals surface area contributed by atoms with E-state index < -0.39 is 0 Å². The first-order chi connectivity index (χ1) is 9.78. The van der Waals surface area contributed by atoms with Crippen molar-refractivity contribution in [1.82, 2.24) is 4.90 Å². The SMILES string of the molecule is CCC1CCCCN1C(=O)Nc1ccc2c(c1)CCC2. The Balaban J connectivity index is 1.69. The number of nitrogens with one attached hydrogen (secondary N) is 1. The summed E-state index contributed by atoms with van der Waals surface area (Å²) in [6.45, 7) is 3.07. The van der Waals surface area contributed by atoms with E-state index in [1.165, 1.54) is 30.4 Å². The number of nitrogens with zero attached hydrogens (tertiary/aromatic N) is 1.